The van der Waals surface area contributed by atoms with Crippen molar-refractivity contribution in [3.8, 4) is 16.8 Å². The summed E-state index contributed by atoms with van der Waals surface area (Å²) in [5, 5.41) is 4.93. The molecule has 1 heterocycles. The van der Waals surface area contributed by atoms with Crippen molar-refractivity contribution in [1.82, 2.24) is 4.57 Å². The summed E-state index contributed by atoms with van der Waals surface area (Å²) in [4.78, 5) is 2.52. The molecule has 0 spiro atoms. The van der Waals surface area contributed by atoms with Gasteiger partial charge in [-0.05, 0) is 128 Å². The van der Waals surface area contributed by atoms with Crippen LogP contribution in [0.15, 0.2) is 266 Å². The highest BCUT2D eigenvalue weighted by molar-refractivity contribution is 6.11. The Labute approximate surface area is 397 Å². The number of allylic oxidation sites excluding steroid dienone is 4. The fraction of sp³-hybridized carbons (Fsp3) is 0.0606. The van der Waals surface area contributed by atoms with Crippen molar-refractivity contribution in [2.45, 2.75) is 23.7 Å². The maximum atomic E-state index is 2.52. The highest BCUT2D eigenvalue weighted by Crippen LogP contribution is 2.68. The van der Waals surface area contributed by atoms with Gasteiger partial charge in [-0.2, -0.15) is 0 Å². The first-order valence-corrected chi connectivity index (χ1v) is 24.0. The lowest BCUT2D eigenvalue weighted by molar-refractivity contribution is 0.586. The second kappa shape index (κ2) is 15.0. The minimum atomic E-state index is -0.688. The number of nitrogens with zero attached hydrogens (tertiary/aromatic N) is 2. The van der Waals surface area contributed by atoms with Gasteiger partial charge in [0, 0.05) is 27.8 Å². The van der Waals surface area contributed by atoms with E-state index in [1.54, 1.807) is 0 Å². The van der Waals surface area contributed by atoms with Crippen molar-refractivity contribution in [3.63, 3.8) is 0 Å². The Morgan fingerprint density at radius 1 is 0.412 bits per heavy atom. The van der Waals surface area contributed by atoms with Gasteiger partial charge in [0.2, 0.25) is 0 Å². The Morgan fingerprint density at radius 2 is 1.04 bits per heavy atom. The van der Waals surface area contributed by atoms with Crippen molar-refractivity contribution < 1.29 is 0 Å². The number of anilines is 3. The first-order chi connectivity index (χ1) is 33.8. The molecule has 0 aliphatic heterocycles. The van der Waals surface area contributed by atoms with Crippen molar-refractivity contribution >= 4 is 49.6 Å². The van der Waals surface area contributed by atoms with Crippen molar-refractivity contribution in [1.29, 1.82) is 0 Å². The quantitative estimate of drug-likeness (QED) is 0.155. The van der Waals surface area contributed by atoms with Crippen LogP contribution < -0.4 is 4.90 Å². The average Bonchev–Trinajstić information content (AvgIpc) is 3.91. The predicted molar refractivity (Wildman–Crippen MR) is 283 cm³/mol. The lowest BCUT2D eigenvalue weighted by Gasteiger charge is -2.52. The minimum Gasteiger partial charge on any atom is -0.310 e. The van der Waals surface area contributed by atoms with E-state index in [0.717, 1.165) is 35.6 Å². The maximum Gasteiger partial charge on any atom is 0.0725 e. The second-order valence-corrected chi connectivity index (χ2v) is 18.6. The van der Waals surface area contributed by atoms with E-state index < -0.39 is 10.8 Å². The minimum absolute atomic E-state index is 0.447. The van der Waals surface area contributed by atoms with Gasteiger partial charge in [-0.3, -0.25) is 0 Å². The van der Waals surface area contributed by atoms with Gasteiger partial charge in [0.25, 0.3) is 0 Å². The summed E-state index contributed by atoms with van der Waals surface area (Å²) in [6.07, 6.45) is 6.88. The van der Waals surface area contributed by atoms with E-state index in [-0.39, 0.29) is 0 Å². The van der Waals surface area contributed by atoms with Crippen molar-refractivity contribution in [2.75, 3.05) is 4.90 Å². The van der Waals surface area contributed by atoms with Crippen molar-refractivity contribution in [2.24, 2.45) is 0 Å². The molecule has 11 aromatic rings. The van der Waals surface area contributed by atoms with Gasteiger partial charge in [-0.1, -0.05) is 206 Å². The molecule has 320 valence electrons. The van der Waals surface area contributed by atoms with E-state index in [0.29, 0.717) is 0 Å². The monoisotopic (exact) mass is 866 g/mol. The summed E-state index contributed by atoms with van der Waals surface area (Å²) >= 11 is 0. The molecular weight excluding hydrogens is 821 g/mol. The lowest BCUT2D eigenvalue weighted by Crippen LogP contribution is -2.45. The molecular formula is C66H46N2. The van der Waals surface area contributed by atoms with E-state index in [2.05, 4.69) is 264 Å². The molecule has 0 N–H and O–H groups in total. The lowest BCUT2D eigenvalue weighted by atomic mass is 9.50. The van der Waals surface area contributed by atoms with Crippen LogP contribution in [-0.4, -0.2) is 4.57 Å². The zero-order chi connectivity index (χ0) is 44.8. The Balaban J connectivity index is 1.09. The SMILES string of the molecule is C1=CC2=C(CC1)C1(c3ccccc3)c3ccccc3-c3cccc(c31)C2(c1ccccc1)c1ccccc1N(c1ccccc1)c1ccc2c3ccccc3n(-c3ccc4ccccc4c3)c2c1. The van der Waals surface area contributed by atoms with Crippen LogP contribution in [0.5, 0.6) is 0 Å². The molecule has 0 saturated heterocycles. The van der Waals surface area contributed by atoms with E-state index in [9.17, 15) is 0 Å². The van der Waals surface area contributed by atoms with Gasteiger partial charge < -0.3 is 9.47 Å². The summed E-state index contributed by atoms with van der Waals surface area (Å²) in [6, 6.07) is 90.9. The van der Waals surface area contributed by atoms with Gasteiger partial charge in [-0.15, -0.1) is 0 Å². The van der Waals surface area contributed by atoms with Crippen LogP contribution in [0, 0.1) is 0 Å². The zero-order valence-electron chi connectivity index (χ0n) is 37.6. The number of benzene rings is 10. The summed E-state index contributed by atoms with van der Waals surface area (Å²) in [5.41, 5.74) is 19.2. The van der Waals surface area contributed by atoms with E-state index in [1.807, 2.05) is 0 Å². The van der Waals surface area contributed by atoms with Crippen LogP contribution in [-0.2, 0) is 10.8 Å². The predicted octanol–water partition coefficient (Wildman–Crippen LogP) is 16.7. The second-order valence-electron chi connectivity index (χ2n) is 18.6. The van der Waals surface area contributed by atoms with Crippen LogP contribution >= 0.6 is 0 Å². The van der Waals surface area contributed by atoms with Gasteiger partial charge in [-0.25, -0.2) is 0 Å². The molecule has 0 radical (unpaired) electrons. The van der Waals surface area contributed by atoms with Gasteiger partial charge in [0.15, 0.2) is 0 Å². The Morgan fingerprint density at radius 3 is 1.87 bits per heavy atom. The number of rotatable bonds is 7. The summed E-state index contributed by atoms with van der Waals surface area (Å²) in [5.74, 6) is 0. The third-order valence-electron chi connectivity index (χ3n) is 15.4. The molecule has 10 aromatic carbocycles. The number of hydrogen-bond acceptors (Lipinski definition) is 1. The van der Waals surface area contributed by atoms with Gasteiger partial charge >= 0.3 is 0 Å². The molecule has 2 atom stereocenters. The Hall–Kier alpha value is -8.46. The molecule has 3 aliphatic carbocycles. The molecule has 0 amide bonds. The van der Waals surface area contributed by atoms with E-state index >= 15 is 0 Å². The summed E-state index contributed by atoms with van der Waals surface area (Å²) in [7, 11) is 0. The highest BCUT2D eigenvalue weighted by atomic mass is 15.1. The molecule has 0 fully saturated rings. The van der Waals surface area contributed by atoms with Crippen molar-refractivity contribution in [3.05, 3.63) is 299 Å². The van der Waals surface area contributed by atoms with Crippen LogP contribution in [0.4, 0.5) is 17.1 Å². The Kier molecular flexibility index (Phi) is 8.57. The number of aromatic nitrogens is 1. The third kappa shape index (κ3) is 5.29. The Bertz CT molecular complexity index is 3860. The van der Waals surface area contributed by atoms with Gasteiger partial charge in [0.05, 0.1) is 27.6 Å². The summed E-state index contributed by atoms with van der Waals surface area (Å²) < 4.78 is 2.46. The van der Waals surface area contributed by atoms with E-state index in [1.165, 1.54) is 88.2 Å². The first-order valence-electron chi connectivity index (χ1n) is 24.0. The molecule has 68 heavy (non-hydrogen) atoms. The smallest absolute Gasteiger partial charge is 0.0725 e. The maximum absolute atomic E-state index is 2.52. The van der Waals surface area contributed by atoms with Crippen LogP contribution in [0.1, 0.15) is 46.2 Å². The first kappa shape index (κ1) is 38.8. The fourth-order valence-electron chi connectivity index (χ4n) is 12.8. The topological polar surface area (TPSA) is 8.17 Å². The van der Waals surface area contributed by atoms with Crippen LogP contribution in [0.2, 0.25) is 0 Å². The standard InChI is InChI=1S/C66H46N2/c1-4-23-47(24-5-1)65(57-33-15-16-34-58(57)66(48-25-6-2-7-26-48)56-32-14-12-29-52(56)55-31-20-36-60(65)64(55)66)59-35-17-19-38-62(59)67(49-27-8-3-9-28-49)51-41-42-54-53-30-13-18-37-61(53)68(63(54)44-51)50-40-39-45-21-10-11-22-46(45)43-50/h1-15,17-33,35-44H,16,34H2. The number of fused-ring (bicyclic) bond motifs is 8. The largest absolute Gasteiger partial charge is 0.310 e. The molecule has 2 unspecified atom stereocenters. The van der Waals surface area contributed by atoms with E-state index in [4.69, 9.17) is 0 Å². The van der Waals surface area contributed by atoms with Crippen LogP contribution in [0.25, 0.3) is 49.4 Å². The molecule has 1 aromatic heterocycles. The number of para-hydroxylation sites is 3. The number of hydrogen-bond donors (Lipinski definition) is 0. The molecule has 2 heteroatoms. The molecule has 0 bridgehead atoms. The zero-order valence-corrected chi connectivity index (χ0v) is 37.6. The third-order valence-corrected chi connectivity index (χ3v) is 15.4. The average molecular weight is 867 g/mol. The fourth-order valence-corrected chi connectivity index (χ4v) is 12.8. The normalized spacial score (nSPS) is 17.9. The van der Waals surface area contributed by atoms with Crippen LogP contribution in [0.3, 0.4) is 0 Å². The molecule has 14 rings (SSSR count). The molecule has 0 saturated carbocycles. The molecule has 2 nitrogen and oxygen atoms in total. The van der Waals surface area contributed by atoms with Gasteiger partial charge in [0.1, 0.15) is 0 Å². The molecule has 3 aliphatic rings. The highest BCUT2D eigenvalue weighted by Gasteiger charge is 2.58. The summed E-state index contributed by atoms with van der Waals surface area (Å²) in [6.45, 7) is 0.